The van der Waals surface area contributed by atoms with E-state index in [1.807, 2.05) is 36.4 Å². The average Bonchev–Trinajstić information content (AvgIpc) is 2.75. The zero-order valence-electron chi connectivity index (χ0n) is 15.6. The second-order valence-corrected chi connectivity index (χ2v) is 8.48. The Labute approximate surface area is 165 Å². The number of hydrogen-bond acceptors (Lipinski definition) is 3. The van der Waals surface area contributed by atoms with Gasteiger partial charge in [-0.2, -0.15) is 0 Å². The minimum Gasteiger partial charge on any atom is -0.373 e. The topological polar surface area (TPSA) is 41.1 Å². The molecule has 1 atom stereocenters. The molecule has 138 valence electrons. The fourth-order valence-electron chi connectivity index (χ4n) is 3.87. The summed E-state index contributed by atoms with van der Waals surface area (Å²) in [5, 5.41) is 7.69. The van der Waals surface area contributed by atoms with Crippen LogP contribution in [-0.4, -0.2) is 11.8 Å². The molecule has 2 aliphatic rings. The summed E-state index contributed by atoms with van der Waals surface area (Å²) in [6, 6.07) is 15.7. The number of halogens is 1. The zero-order chi connectivity index (χ0) is 19.0. The van der Waals surface area contributed by atoms with E-state index in [1.165, 1.54) is 0 Å². The number of Topliss-reactive ketones (excluding diaryl/α,β-unsaturated/α-hetero) is 1. The molecule has 4 rings (SSSR count). The molecule has 1 aliphatic carbocycles. The van der Waals surface area contributed by atoms with Crippen molar-refractivity contribution in [1.82, 2.24) is 0 Å². The van der Waals surface area contributed by atoms with Gasteiger partial charge in [-0.05, 0) is 35.6 Å². The van der Waals surface area contributed by atoms with Crippen molar-refractivity contribution in [3.05, 3.63) is 76.5 Å². The Morgan fingerprint density at radius 2 is 1.85 bits per heavy atom. The van der Waals surface area contributed by atoms with Crippen LogP contribution in [0.25, 0.3) is 6.08 Å². The molecule has 1 unspecified atom stereocenters. The predicted octanol–water partition coefficient (Wildman–Crippen LogP) is 5.90. The molecule has 1 aliphatic heterocycles. The number of anilines is 2. The van der Waals surface area contributed by atoms with Gasteiger partial charge in [0, 0.05) is 22.7 Å². The first-order valence-corrected chi connectivity index (χ1v) is 9.62. The third-order valence-electron chi connectivity index (χ3n) is 5.09. The van der Waals surface area contributed by atoms with E-state index in [9.17, 15) is 4.79 Å². The molecule has 0 bridgehead atoms. The number of rotatable bonds is 2. The van der Waals surface area contributed by atoms with Crippen LogP contribution in [0.1, 0.15) is 32.3 Å². The third kappa shape index (κ3) is 3.79. The maximum atomic E-state index is 13.0. The highest BCUT2D eigenvalue weighted by molar-refractivity contribution is 6.31. The normalized spacial score (nSPS) is 21.1. The van der Waals surface area contributed by atoms with E-state index in [-0.39, 0.29) is 17.2 Å². The fraction of sp³-hybridized carbons (Fsp3) is 0.261. The van der Waals surface area contributed by atoms with Gasteiger partial charge in [-0.15, -0.1) is 0 Å². The molecule has 27 heavy (non-hydrogen) atoms. The van der Waals surface area contributed by atoms with Crippen molar-refractivity contribution in [3.8, 4) is 0 Å². The predicted molar refractivity (Wildman–Crippen MR) is 113 cm³/mol. The number of fused-ring (bicyclic) bond motifs is 1. The number of benzene rings is 2. The lowest BCUT2D eigenvalue weighted by atomic mass is 9.74. The highest BCUT2D eigenvalue weighted by Crippen LogP contribution is 2.42. The molecular formula is C23H23ClN2O. The van der Waals surface area contributed by atoms with Gasteiger partial charge < -0.3 is 10.6 Å². The van der Waals surface area contributed by atoms with Crippen LogP contribution in [0.3, 0.4) is 0 Å². The molecule has 0 amide bonds. The highest BCUT2D eigenvalue weighted by Gasteiger charge is 2.37. The van der Waals surface area contributed by atoms with Crippen molar-refractivity contribution in [2.45, 2.75) is 32.7 Å². The number of nitrogens with one attached hydrogen (secondary N) is 2. The molecule has 0 saturated heterocycles. The number of ketones is 1. The van der Waals surface area contributed by atoms with Gasteiger partial charge in [0.1, 0.15) is 0 Å². The summed E-state index contributed by atoms with van der Waals surface area (Å²) in [4.78, 5) is 13.0. The van der Waals surface area contributed by atoms with E-state index in [4.69, 9.17) is 11.6 Å². The Hall–Kier alpha value is -2.52. The summed E-state index contributed by atoms with van der Waals surface area (Å²) in [7, 11) is 0. The van der Waals surface area contributed by atoms with Crippen molar-refractivity contribution >= 4 is 34.8 Å². The van der Waals surface area contributed by atoms with Crippen LogP contribution >= 0.6 is 11.6 Å². The molecule has 0 saturated carbocycles. The van der Waals surface area contributed by atoms with Crippen LogP contribution in [0.4, 0.5) is 11.4 Å². The Morgan fingerprint density at radius 3 is 2.63 bits per heavy atom. The van der Waals surface area contributed by atoms with Gasteiger partial charge in [-0.25, -0.2) is 0 Å². The van der Waals surface area contributed by atoms with Gasteiger partial charge in [0.25, 0.3) is 0 Å². The van der Waals surface area contributed by atoms with Gasteiger partial charge in [0.2, 0.25) is 0 Å². The lowest BCUT2D eigenvalue weighted by Gasteiger charge is -2.33. The molecule has 0 fully saturated rings. The van der Waals surface area contributed by atoms with Crippen LogP contribution < -0.4 is 10.6 Å². The number of carbonyl (C=O) groups is 1. The summed E-state index contributed by atoms with van der Waals surface area (Å²) >= 11 is 6.21. The Morgan fingerprint density at radius 1 is 1.07 bits per heavy atom. The average molecular weight is 379 g/mol. The standard InChI is InChI=1S/C23H23ClN2O/c1-23(2)13-20-22(21(27)14-23)18(10-8-15-6-4-3-5-7-15)26-19-12-16(24)9-11-17(19)25-20/h3-12,18,25-26H,13-14H2,1-2H3/b10-8+. The quantitative estimate of drug-likeness (QED) is 0.683. The van der Waals surface area contributed by atoms with Gasteiger partial charge in [0.15, 0.2) is 5.78 Å². The first kappa shape index (κ1) is 17.9. The number of carbonyl (C=O) groups excluding carboxylic acids is 1. The van der Waals surface area contributed by atoms with E-state index in [0.717, 1.165) is 34.6 Å². The molecule has 1 heterocycles. The second-order valence-electron chi connectivity index (χ2n) is 8.04. The van der Waals surface area contributed by atoms with Gasteiger partial charge in [-0.3, -0.25) is 4.79 Å². The molecule has 3 nitrogen and oxygen atoms in total. The van der Waals surface area contributed by atoms with Gasteiger partial charge >= 0.3 is 0 Å². The molecule has 0 aromatic heterocycles. The van der Waals surface area contributed by atoms with Crippen LogP contribution in [0.15, 0.2) is 65.9 Å². The Balaban J connectivity index is 1.78. The maximum absolute atomic E-state index is 13.0. The van der Waals surface area contributed by atoms with Gasteiger partial charge in [-0.1, -0.05) is 67.9 Å². The summed E-state index contributed by atoms with van der Waals surface area (Å²) < 4.78 is 0. The van der Waals surface area contributed by atoms with E-state index in [0.29, 0.717) is 11.4 Å². The smallest absolute Gasteiger partial charge is 0.163 e. The zero-order valence-corrected chi connectivity index (χ0v) is 16.3. The van der Waals surface area contributed by atoms with Crippen LogP contribution in [0.5, 0.6) is 0 Å². The molecule has 0 radical (unpaired) electrons. The minimum atomic E-state index is -0.198. The van der Waals surface area contributed by atoms with Crippen molar-refractivity contribution in [1.29, 1.82) is 0 Å². The van der Waals surface area contributed by atoms with E-state index in [2.05, 4.69) is 48.8 Å². The molecule has 2 aromatic rings. The maximum Gasteiger partial charge on any atom is 0.163 e. The lowest BCUT2D eigenvalue weighted by molar-refractivity contribution is -0.118. The fourth-order valence-corrected chi connectivity index (χ4v) is 4.04. The summed E-state index contributed by atoms with van der Waals surface area (Å²) in [5.41, 5.74) is 4.75. The molecule has 2 N–H and O–H groups in total. The van der Waals surface area contributed by atoms with Crippen molar-refractivity contribution in [3.63, 3.8) is 0 Å². The summed E-state index contributed by atoms with van der Waals surface area (Å²) in [6.07, 6.45) is 5.53. The van der Waals surface area contributed by atoms with Gasteiger partial charge in [0.05, 0.1) is 17.4 Å². The first-order chi connectivity index (χ1) is 12.9. The molecular weight excluding hydrogens is 356 g/mol. The van der Waals surface area contributed by atoms with E-state index >= 15 is 0 Å². The van der Waals surface area contributed by atoms with E-state index < -0.39 is 0 Å². The largest absolute Gasteiger partial charge is 0.373 e. The number of hydrogen-bond donors (Lipinski definition) is 2. The van der Waals surface area contributed by atoms with Crippen molar-refractivity contribution in [2.24, 2.45) is 5.41 Å². The first-order valence-electron chi connectivity index (χ1n) is 9.24. The monoisotopic (exact) mass is 378 g/mol. The second kappa shape index (κ2) is 6.90. The van der Waals surface area contributed by atoms with Crippen LogP contribution in [-0.2, 0) is 4.79 Å². The molecule has 4 heteroatoms. The summed E-state index contributed by atoms with van der Waals surface area (Å²) in [6.45, 7) is 4.29. The Kier molecular flexibility index (Phi) is 4.56. The SMILES string of the molecule is CC1(C)CC(=O)C2=C(C1)Nc1ccc(Cl)cc1NC2/C=C/c1ccccc1. The third-order valence-corrected chi connectivity index (χ3v) is 5.32. The number of allylic oxidation sites excluding steroid dienone is 1. The van der Waals surface area contributed by atoms with E-state index in [1.54, 1.807) is 0 Å². The highest BCUT2D eigenvalue weighted by atomic mass is 35.5. The van der Waals surface area contributed by atoms with Crippen LogP contribution in [0, 0.1) is 5.41 Å². The lowest BCUT2D eigenvalue weighted by Crippen LogP contribution is -2.34. The van der Waals surface area contributed by atoms with Crippen LogP contribution in [0.2, 0.25) is 5.02 Å². The summed E-state index contributed by atoms with van der Waals surface area (Å²) in [5.74, 6) is 0.197. The molecule has 2 aromatic carbocycles. The van der Waals surface area contributed by atoms with Crippen molar-refractivity contribution < 1.29 is 4.79 Å². The van der Waals surface area contributed by atoms with Crippen molar-refractivity contribution in [2.75, 3.05) is 10.6 Å². The molecule has 0 spiro atoms. The Bertz CT molecular complexity index is 944. The minimum absolute atomic E-state index is 0.0481.